The molecule has 1 unspecified atom stereocenters. The van der Waals surface area contributed by atoms with Gasteiger partial charge >= 0.3 is 5.97 Å². The number of nitrogens with zero attached hydrogens (tertiary/aromatic N) is 1. The van der Waals surface area contributed by atoms with E-state index in [-0.39, 0.29) is 18.9 Å². The van der Waals surface area contributed by atoms with E-state index in [1.165, 1.54) is 20.4 Å². The minimum atomic E-state index is -0.923. The van der Waals surface area contributed by atoms with E-state index in [2.05, 4.69) is 4.98 Å². The van der Waals surface area contributed by atoms with E-state index in [1.54, 1.807) is 6.07 Å². The van der Waals surface area contributed by atoms with Crippen LogP contribution in [0.3, 0.4) is 0 Å². The van der Waals surface area contributed by atoms with Gasteiger partial charge in [0.05, 0.1) is 26.2 Å². The number of carboxylic acid groups (broad SMARTS) is 1. The van der Waals surface area contributed by atoms with Crippen LogP contribution in [0.2, 0.25) is 0 Å². The Morgan fingerprint density at radius 1 is 1.53 bits per heavy atom. The summed E-state index contributed by atoms with van der Waals surface area (Å²) >= 11 is 0. The summed E-state index contributed by atoms with van der Waals surface area (Å²) in [7, 11) is 2.98. The van der Waals surface area contributed by atoms with Gasteiger partial charge in [-0.3, -0.25) is 4.79 Å². The molecule has 0 bridgehead atoms. The minimum absolute atomic E-state index is 0.0884. The highest BCUT2D eigenvalue weighted by molar-refractivity contribution is 5.68. The fourth-order valence-electron chi connectivity index (χ4n) is 1.67. The van der Waals surface area contributed by atoms with E-state index in [1.807, 2.05) is 0 Å². The van der Waals surface area contributed by atoms with Crippen molar-refractivity contribution in [2.75, 3.05) is 20.8 Å². The van der Waals surface area contributed by atoms with E-state index >= 15 is 0 Å². The van der Waals surface area contributed by atoms with Gasteiger partial charge in [0.15, 0.2) is 0 Å². The minimum Gasteiger partial charge on any atom is -0.496 e. The second-order valence-electron chi connectivity index (χ2n) is 3.47. The van der Waals surface area contributed by atoms with Crippen molar-refractivity contribution in [2.24, 2.45) is 5.73 Å². The Labute approximate surface area is 99.4 Å². The van der Waals surface area contributed by atoms with Crippen molar-refractivity contribution in [3.8, 4) is 11.6 Å². The summed E-state index contributed by atoms with van der Waals surface area (Å²) in [6.07, 6.45) is 1.45. The van der Waals surface area contributed by atoms with Crippen molar-refractivity contribution in [1.29, 1.82) is 0 Å². The van der Waals surface area contributed by atoms with Crippen LogP contribution in [-0.4, -0.2) is 36.8 Å². The molecule has 1 heterocycles. The van der Waals surface area contributed by atoms with E-state index < -0.39 is 5.97 Å². The maximum absolute atomic E-state index is 10.8. The first kappa shape index (κ1) is 13.2. The van der Waals surface area contributed by atoms with Crippen LogP contribution in [0.1, 0.15) is 17.9 Å². The molecule has 0 saturated heterocycles. The molecular weight excluding hydrogens is 224 g/mol. The highest BCUT2D eigenvalue weighted by Crippen LogP contribution is 2.34. The van der Waals surface area contributed by atoms with E-state index in [9.17, 15) is 4.79 Å². The molecule has 0 aromatic carbocycles. The van der Waals surface area contributed by atoms with Gasteiger partial charge in [0, 0.05) is 18.7 Å². The summed E-state index contributed by atoms with van der Waals surface area (Å²) in [6, 6.07) is 1.66. The zero-order chi connectivity index (χ0) is 12.8. The number of methoxy groups -OCH3 is 2. The maximum Gasteiger partial charge on any atom is 0.304 e. The number of rotatable bonds is 6. The quantitative estimate of drug-likeness (QED) is 0.756. The van der Waals surface area contributed by atoms with Crippen molar-refractivity contribution < 1.29 is 19.4 Å². The predicted molar refractivity (Wildman–Crippen MR) is 61.4 cm³/mol. The molecule has 3 N–H and O–H groups in total. The summed E-state index contributed by atoms with van der Waals surface area (Å²) in [5, 5.41) is 8.85. The smallest absolute Gasteiger partial charge is 0.304 e. The third-order valence-electron chi connectivity index (χ3n) is 2.44. The van der Waals surface area contributed by atoms with Crippen LogP contribution in [0.15, 0.2) is 12.3 Å². The number of carboxylic acids is 1. The van der Waals surface area contributed by atoms with Gasteiger partial charge in [0.25, 0.3) is 0 Å². The topological polar surface area (TPSA) is 94.7 Å². The molecule has 0 aliphatic rings. The Kier molecular flexibility index (Phi) is 4.71. The first-order chi connectivity index (χ1) is 8.13. The zero-order valence-corrected chi connectivity index (χ0v) is 9.84. The van der Waals surface area contributed by atoms with Crippen LogP contribution in [0.25, 0.3) is 0 Å². The number of carbonyl (C=O) groups is 1. The molecule has 0 fully saturated rings. The van der Waals surface area contributed by atoms with E-state index in [0.717, 1.165) is 0 Å². The molecule has 6 heteroatoms. The molecule has 0 saturated carbocycles. The molecule has 1 aromatic heterocycles. The predicted octanol–water partition coefficient (Wildman–Crippen LogP) is 0.616. The molecule has 0 aliphatic heterocycles. The Hall–Kier alpha value is -1.82. The Bertz CT molecular complexity index is 373. The number of aliphatic carboxylic acids is 1. The number of nitrogens with two attached hydrogens (primary N) is 1. The average molecular weight is 240 g/mol. The van der Waals surface area contributed by atoms with Crippen LogP contribution in [0, 0.1) is 0 Å². The Balaban J connectivity index is 3.18. The summed E-state index contributed by atoms with van der Waals surface area (Å²) in [4.78, 5) is 14.8. The van der Waals surface area contributed by atoms with Crippen molar-refractivity contribution in [3.63, 3.8) is 0 Å². The largest absolute Gasteiger partial charge is 0.496 e. The second-order valence-corrected chi connectivity index (χ2v) is 3.47. The average Bonchev–Trinajstić information content (AvgIpc) is 2.34. The van der Waals surface area contributed by atoms with Crippen LogP contribution < -0.4 is 15.2 Å². The lowest BCUT2D eigenvalue weighted by molar-refractivity contribution is -0.137. The summed E-state index contributed by atoms with van der Waals surface area (Å²) in [5.41, 5.74) is 6.20. The fourth-order valence-corrected chi connectivity index (χ4v) is 1.67. The maximum atomic E-state index is 10.8. The van der Waals surface area contributed by atoms with Crippen molar-refractivity contribution in [2.45, 2.75) is 12.3 Å². The fraction of sp³-hybridized carbons (Fsp3) is 0.455. The third kappa shape index (κ3) is 3.07. The molecule has 0 aliphatic carbocycles. The van der Waals surface area contributed by atoms with Crippen molar-refractivity contribution in [3.05, 3.63) is 17.8 Å². The summed E-state index contributed by atoms with van der Waals surface area (Å²) in [6.45, 7) is 0.185. The molecule has 1 rings (SSSR count). The number of aromatic nitrogens is 1. The van der Waals surface area contributed by atoms with Crippen LogP contribution in [-0.2, 0) is 4.79 Å². The molecule has 1 aromatic rings. The Morgan fingerprint density at radius 3 is 2.71 bits per heavy atom. The van der Waals surface area contributed by atoms with E-state index in [4.69, 9.17) is 20.3 Å². The van der Waals surface area contributed by atoms with Gasteiger partial charge < -0.3 is 20.3 Å². The number of hydrogen-bond acceptors (Lipinski definition) is 5. The zero-order valence-electron chi connectivity index (χ0n) is 9.84. The number of hydrogen-bond donors (Lipinski definition) is 2. The lowest BCUT2D eigenvalue weighted by Gasteiger charge is -2.18. The summed E-state index contributed by atoms with van der Waals surface area (Å²) < 4.78 is 10.3. The molecule has 0 amide bonds. The van der Waals surface area contributed by atoms with Crippen molar-refractivity contribution >= 4 is 5.97 Å². The molecule has 1 atom stereocenters. The molecule has 17 heavy (non-hydrogen) atoms. The molecule has 0 spiro atoms. The highest BCUT2D eigenvalue weighted by atomic mass is 16.5. The number of pyridine rings is 1. The molecule has 6 nitrogen and oxygen atoms in total. The monoisotopic (exact) mass is 240 g/mol. The van der Waals surface area contributed by atoms with Crippen LogP contribution >= 0.6 is 0 Å². The first-order valence-electron chi connectivity index (χ1n) is 5.12. The van der Waals surface area contributed by atoms with Crippen LogP contribution in [0.5, 0.6) is 11.6 Å². The van der Waals surface area contributed by atoms with Gasteiger partial charge in [-0.05, 0) is 6.07 Å². The first-order valence-corrected chi connectivity index (χ1v) is 5.12. The standard InChI is InChI=1S/C11H16N2O4/c1-16-8-3-4-13-11(17-2)10(8)7(6-12)5-9(14)15/h3-4,7H,5-6,12H2,1-2H3,(H,14,15). The third-order valence-corrected chi connectivity index (χ3v) is 2.44. The molecule has 0 radical (unpaired) electrons. The normalized spacial score (nSPS) is 11.9. The van der Waals surface area contributed by atoms with Gasteiger partial charge in [-0.25, -0.2) is 4.98 Å². The summed E-state index contributed by atoms with van der Waals surface area (Å²) in [5.74, 6) is -0.422. The lowest BCUT2D eigenvalue weighted by Crippen LogP contribution is -2.18. The van der Waals surface area contributed by atoms with Gasteiger partial charge in [-0.15, -0.1) is 0 Å². The highest BCUT2D eigenvalue weighted by Gasteiger charge is 2.23. The Morgan fingerprint density at radius 2 is 2.24 bits per heavy atom. The van der Waals surface area contributed by atoms with Crippen LogP contribution in [0.4, 0.5) is 0 Å². The lowest BCUT2D eigenvalue weighted by atomic mass is 9.96. The second kappa shape index (κ2) is 6.05. The van der Waals surface area contributed by atoms with Gasteiger partial charge in [-0.2, -0.15) is 0 Å². The van der Waals surface area contributed by atoms with Gasteiger partial charge in [0.2, 0.25) is 5.88 Å². The van der Waals surface area contributed by atoms with Crippen molar-refractivity contribution in [1.82, 2.24) is 4.98 Å². The molecule has 94 valence electrons. The van der Waals surface area contributed by atoms with Gasteiger partial charge in [0.1, 0.15) is 5.75 Å². The van der Waals surface area contributed by atoms with Gasteiger partial charge in [-0.1, -0.05) is 0 Å². The molecular formula is C11H16N2O4. The van der Waals surface area contributed by atoms with E-state index in [0.29, 0.717) is 17.2 Å². The SMILES string of the molecule is COc1ccnc(OC)c1C(CN)CC(=O)O. The number of ether oxygens (including phenoxy) is 2.